The first-order valence-corrected chi connectivity index (χ1v) is 13.7. The van der Waals surface area contributed by atoms with E-state index in [-0.39, 0.29) is 40.2 Å². The first-order chi connectivity index (χ1) is 19.6. The third-order valence-corrected chi connectivity index (χ3v) is 7.72. The molecular weight excluding hydrogens is 532 g/mol. The van der Waals surface area contributed by atoms with Gasteiger partial charge in [-0.3, -0.25) is 14.4 Å². The lowest BCUT2D eigenvalue weighted by atomic mass is 9.95. The van der Waals surface area contributed by atoms with Gasteiger partial charge >= 0.3 is 17.9 Å². The monoisotopic (exact) mass is 564 g/mol. The van der Waals surface area contributed by atoms with Gasteiger partial charge in [0.2, 0.25) is 0 Å². The van der Waals surface area contributed by atoms with E-state index in [0.717, 1.165) is 18.4 Å². The van der Waals surface area contributed by atoms with E-state index in [1.807, 2.05) is 11.0 Å². The molecule has 0 aliphatic carbocycles. The van der Waals surface area contributed by atoms with E-state index in [9.17, 15) is 29.4 Å². The number of ether oxygens (including phenoxy) is 3. The molecule has 11 heteroatoms. The Bertz CT molecular complexity index is 1460. The standard InChI is InChI=1S/C30H32N2O9/c1-4-20(32-12-8-11-21(32)17-9-7-10-18(33)13-17)25-22-14-19(28(36)31(5-2)6-3)26-27(25)41-29(37)30(38,15-23(34)39-22)16-24(35)40-26/h4,7,9-10,13-14,21,33,38H,5-6,8,11-12,15-16H2,1-3H3/b20-4+. The van der Waals surface area contributed by atoms with Gasteiger partial charge < -0.3 is 34.2 Å². The average Bonchev–Trinajstić information content (AvgIpc) is 3.40. The van der Waals surface area contributed by atoms with Crippen molar-refractivity contribution in [2.45, 2.75) is 58.1 Å². The third-order valence-electron chi connectivity index (χ3n) is 7.72. The quantitative estimate of drug-likeness (QED) is 0.396. The highest BCUT2D eigenvalue weighted by molar-refractivity contribution is 6.03. The number of aromatic hydroxyl groups is 1. The molecule has 3 aliphatic heterocycles. The molecule has 2 N–H and O–H groups in total. The summed E-state index contributed by atoms with van der Waals surface area (Å²) in [5, 5.41) is 21.2. The number of rotatable bonds is 6. The number of likely N-dealkylation sites (tertiary alicyclic amines) is 1. The number of phenols is 1. The third kappa shape index (κ3) is 5.01. The zero-order chi connectivity index (χ0) is 29.5. The maximum absolute atomic E-state index is 13.6. The molecule has 3 heterocycles. The highest BCUT2D eigenvalue weighted by Gasteiger charge is 2.49. The summed E-state index contributed by atoms with van der Waals surface area (Å²) in [6, 6.07) is 8.02. The van der Waals surface area contributed by atoms with Gasteiger partial charge in [0.15, 0.2) is 17.1 Å². The molecule has 0 radical (unpaired) electrons. The molecule has 0 saturated carbocycles. The maximum atomic E-state index is 13.6. The second-order valence-corrected chi connectivity index (χ2v) is 10.3. The summed E-state index contributed by atoms with van der Waals surface area (Å²) >= 11 is 0. The molecule has 3 aliphatic rings. The SMILES string of the molecule is C/C=C(\c1c2cc(C(=O)N(CC)CC)c3c1OC(=O)C(O)(CC(=O)O2)CC(=O)O3)N1CCCC1c1cccc(O)c1. The molecule has 1 amide bonds. The van der Waals surface area contributed by atoms with Crippen LogP contribution in [0.2, 0.25) is 0 Å². The number of carbonyl (C=O) groups excluding carboxylic acids is 4. The molecule has 5 rings (SSSR count). The highest BCUT2D eigenvalue weighted by atomic mass is 16.6. The fourth-order valence-electron chi connectivity index (χ4n) is 5.75. The molecule has 41 heavy (non-hydrogen) atoms. The number of phenolic OH excluding ortho intramolecular Hbond substituents is 1. The van der Waals surface area contributed by atoms with Crippen LogP contribution in [0.3, 0.4) is 0 Å². The summed E-state index contributed by atoms with van der Waals surface area (Å²) in [6.45, 7) is 6.58. The van der Waals surface area contributed by atoms with Crippen molar-refractivity contribution in [3.63, 3.8) is 0 Å². The summed E-state index contributed by atoms with van der Waals surface area (Å²) in [5.41, 5.74) is -1.17. The van der Waals surface area contributed by atoms with Crippen molar-refractivity contribution in [1.82, 2.24) is 9.80 Å². The van der Waals surface area contributed by atoms with Gasteiger partial charge in [0.25, 0.3) is 5.91 Å². The van der Waals surface area contributed by atoms with Crippen LogP contribution in [-0.2, 0) is 14.4 Å². The summed E-state index contributed by atoms with van der Waals surface area (Å²) in [7, 11) is 0. The molecule has 0 spiro atoms. The van der Waals surface area contributed by atoms with Crippen molar-refractivity contribution in [3.05, 3.63) is 53.1 Å². The Hall–Kier alpha value is -4.38. The maximum Gasteiger partial charge on any atom is 0.344 e. The van der Waals surface area contributed by atoms with Gasteiger partial charge in [-0.05, 0) is 57.4 Å². The topological polar surface area (TPSA) is 143 Å². The number of allylic oxidation sites excluding steroid dienone is 1. The van der Waals surface area contributed by atoms with E-state index in [4.69, 9.17) is 14.2 Å². The largest absolute Gasteiger partial charge is 0.508 e. The van der Waals surface area contributed by atoms with Crippen LogP contribution in [0.15, 0.2) is 36.4 Å². The predicted octanol–water partition coefficient (Wildman–Crippen LogP) is 3.33. The normalized spacial score (nSPS) is 22.2. The smallest absolute Gasteiger partial charge is 0.344 e. The molecule has 2 aromatic rings. The Kier molecular flexibility index (Phi) is 7.48. The summed E-state index contributed by atoms with van der Waals surface area (Å²) in [4.78, 5) is 56.6. The minimum atomic E-state index is -2.52. The van der Waals surface area contributed by atoms with Gasteiger partial charge in [-0.1, -0.05) is 18.2 Å². The molecule has 1 saturated heterocycles. The lowest BCUT2D eigenvalue weighted by Crippen LogP contribution is -2.47. The van der Waals surface area contributed by atoms with Crippen molar-refractivity contribution >= 4 is 29.5 Å². The Morgan fingerprint density at radius 2 is 1.78 bits per heavy atom. The van der Waals surface area contributed by atoms with Gasteiger partial charge in [0.05, 0.1) is 30.0 Å². The molecule has 2 unspecified atom stereocenters. The predicted molar refractivity (Wildman–Crippen MR) is 145 cm³/mol. The average molecular weight is 565 g/mol. The molecule has 0 aromatic heterocycles. The Balaban J connectivity index is 1.77. The number of aliphatic hydroxyl groups is 1. The van der Waals surface area contributed by atoms with Crippen molar-refractivity contribution < 1.29 is 43.6 Å². The van der Waals surface area contributed by atoms with Crippen molar-refractivity contribution in [2.24, 2.45) is 0 Å². The Morgan fingerprint density at radius 3 is 2.44 bits per heavy atom. The first kappa shape index (κ1) is 28.2. The number of nitrogens with zero attached hydrogens (tertiary/aromatic N) is 2. The summed E-state index contributed by atoms with van der Waals surface area (Å²) in [5.74, 6) is -4.28. The van der Waals surface area contributed by atoms with Gasteiger partial charge in [-0.2, -0.15) is 0 Å². The second kappa shape index (κ2) is 10.9. The summed E-state index contributed by atoms with van der Waals surface area (Å²) < 4.78 is 17.1. The fourth-order valence-corrected chi connectivity index (χ4v) is 5.75. The molecule has 2 atom stereocenters. The molecule has 3 bridgehead atoms. The van der Waals surface area contributed by atoms with Gasteiger partial charge in [-0.15, -0.1) is 0 Å². The van der Waals surface area contributed by atoms with E-state index in [1.165, 1.54) is 11.0 Å². The number of carbonyl (C=O) groups is 4. The number of amides is 1. The lowest BCUT2D eigenvalue weighted by molar-refractivity contribution is -0.168. The minimum Gasteiger partial charge on any atom is -0.508 e. The first-order valence-electron chi connectivity index (χ1n) is 13.7. The minimum absolute atomic E-state index is 0.0751. The van der Waals surface area contributed by atoms with Gasteiger partial charge in [0, 0.05) is 25.3 Å². The molecular formula is C30H32N2O9. The van der Waals surface area contributed by atoms with Crippen LogP contribution in [0.25, 0.3) is 5.70 Å². The van der Waals surface area contributed by atoms with Crippen LogP contribution in [-0.4, -0.2) is 69.1 Å². The van der Waals surface area contributed by atoms with Crippen LogP contribution in [0.5, 0.6) is 23.0 Å². The molecule has 2 aromatic carbocycles. The fraction of sp³-hybridized carbons (Fsp3) is 0.400. The van der Waals surface area contributed by atoms with Crippen LogP contribution < -0.4 is 14.2 Å². The van der Waals surface area contributed by atoms with Gasteiger partial charge in [-0.25, -0.2) is 4.79 Å². The van der Waals surface area contributed by atoms with E-state index >= 15 is 0 Å². The number of benzene rings is 2. The molecule has 11 nitrogen and oxygen atoms in total. The van der Waals surface area contributed by atoms with Gasteiger partial charge in [0.1, 0.15) is 11.5 Å². The Labute approximate surface area is 236 Å². The molecule has 1 fully saturated rings. The van der Waals surface area contributed by atoms with Crippen molar-refractivity contribution in [2.75, 3.05) is 19.6 Å². The van der Waals surface area contributed by atoms with Crippen LogP contribution in [0.4, 0.5) is 0 Å². The van der Waals surface area contributed by atoms with E-state index in [2.05, 4.69) is 0 Å². The second-order valence-electron chi connectivity index (χ2n) is 10.3. The number of esters is 3. The van der Waals surface area contributed by atoms with E-state index in [1.54, 1.807) is 45.0 Å². The Morgan fingerprint density at radius 1 is 1.07 bits per heavy atom. The van der Waals surface area contributed by atoms with Crippen molar-refractivity contribution in [1.29, 1.82) is 0 Å². The van der Waals surface area contributed by atoms with Crippen LogP contribution in [0, 0.1) is 0 Å². The summed E-state index contributed by atoms with van der Waals surface area (Å²) in [6.07, 6.45) is 1.57. The van der Waals surface area contributed by atoms with Crippen LogP contribution in [0.1, 0.15) is 74.0 Å². The highest BCUT2D eigenvalue weighted by Crippen LogP contribution is 2.51. The number of hydrogen-bond acceptors (Lipinski definition) is 10. The number of hydrogen-bond donors (Lipinski definition) is 2. The zero-order valence-electron chi connectivity index (χ0n) is 23.1. The molecule has 216 valence electrons. The lowest BCUT2D eigenvalue weighted by Gasteiger charge is -2.33. The van der Waals surface area contributed by atoms with E-state index in [0.29, 0.717) is 25.3 Å². The van der Waals surface area contributed by atoms with Crippen molar-refractivity contribution in [3.8, 4) is 23.0 Å². The van der Waals surface area contributed by atoms with Crippen LogP contribution >= 0.6 is 0 Å². The van der Waals surface area contributed by atoms with E-state index < -0.39 is 42.3 Å². The number of fused-ring (bicyclic) bond motifs is 3. The zero-order valence-corrected chi connectivity index (χ0v) is 23.1.